The molecule has 1 aromatic carbocycles. The van der Waals surface area contributed by atoms with Crippen molar-refractivity contribution in [2.75, 3.05) is 0 Å². The van der Waals surface area contributed by atoms with Gasteiger partial charge in [0.1, 0.15) is 5.69 Å². The zero-order valence-electron chi connectivity index (χ0n) is 13.1. The first kappa shape index (κ1) is 15.3. The van der Waals surface area contributed by atoms with E-state index in [1.807, 2.05) is 47.4 Å². The molecule has 4 aromatic rings. The molecule has 0 radical (unpaired) electrons. The molecule has 8 heteroatoms. The second-order valence-electron chi connectivity index (χ2n) is 5.32. The van der Waals surface area contributed by atoms with Gasteiger partial charge in [-0.15, -0.1) is 5.10 Å². The quantitative estimate of drug-likeness (QED) is 0.600. The molecule has 0 bridgehead atoms. The first-order valence-electron chi connectivity index (χ1n) is 7.62. The fourth-order valence-corrected chi connectivity index (χ4v) is 3.00. The van der Waals surface area contributed by atoms with Crippen LogP contribution in [0.1, 0.15) is 16.1 Å². The molecule has 0 atom stereocenters. The third-order valence-corrected chi connectivity index (χ3v) is 4.29. The minimum Gasteiger partial charge on any atom is -0.346 e. The van der Waals surface area contributed by atoms with Gasteiger partial charge in [-0.3, -0.25) is 4.79 Å². The van der Waals surface area contributed by atoms with Gasteiger partial charge in [-0.25, -0.2) is 9.36 Å². The number of thiophene rings is 1. The van der Waals surface area contributed by atoms with E-state index in [-0.39, 0.29) is 5.91 Å². The van der Waals surface area contributed by atoms with Gasteiger partial charge in [0, 0.05) is 23.3 Å². The lowest BCUT2D eigenvalue weighted by Gasteiger charge is -2.06. The number of rotatable bonds is 5. The van der Waals surface area contributed by atoms with E-state index >= 15 is 0 Å². The van der Waals surface area contributed by atoms with Crippen molar-refractivity contribution in [3.63, 3.8) is 0 Å². The second-order valence-corrected chi connectivity index (χ2v) is 6.10. The summed E-state index contributed by atoms with van der Waals surface area (Å²) in [7, 11) is 0. The predicted molar refractivity (Wildman–Crippen MR) is 94.0 cm³/mol. The van der Waals surface area contributed by atoms with Gasteiger partial charge >= 0.3 is 0 Å². The molecule has 3 aromatic heterocycles. The van der Waals surface area contributed by atoms with Crippen LogP contribution in [0.15, 0.2) is 65.7 Å². The maximum Gasteiger partial charge on any atom is 0.251 e. The third-order valence-electron chi connectivity index (χ3n) is 3.62. The highest BCUT2D eigenvalue weighted by molar-refractivity contribution is 7.08. The average molecular weight is 350 g/mol. The van der Waals surface area contributed by atoms with Crippen molar-refractivity contribution < 1.29 is 4.79 Å². The number of carbonyl (C=O) groups is 1. The molecule has 0 aliphatic rings. The maximum atomic E-state index is 12.4. The lowest BCUT2D eigenvalue weighted by atomic mass is 10.2. The highest BCUT2D eigenvalue weighted by atomic mass is 32.1. The lowest BCUT2D eigenvalue weighted by Crippen LogP contribution is -2.23. The number of carbonyl (C=O) groups excluding carboxylic acids is 1. The van der Waals surface area contributed by atoms with E-state index in [1.165, 1.54) is 0 Å². The van der Waals surface area contributed by atoms with E-state index in [4.69, 9.17) is 0 Å². The van der Waals surface area contributed by atoms with E-state index in [0.717, 1.165) is 11.4 Å². The molecule has 0 aliphatic heterocycles. The fourth-order valence-electron chi connectivity index (χ4n) is 2.38. The summed E-state index contributed by atoms with van der Waals surface area (Å²) in [5, 5.41) is 19.2. The van der Waals surface area contributed by atoms with Crippen molar-refractivity contribution in [3.05, 3.63) is 77.0 Å². The summed E-state index contributed by atoms with van der Waals surface area (Å²) in [4.78, 5) is 12.4. The van der Waals surface area contributed by atoms with E-state index < -0.39 is 0 Å². The Morgan fingerprint density at radius 3 is 2.92 bits per heavy atom. The summed E-state index contributed by atoms with van der Waals surface area (Å²) >= 11 is 1.59. The van der Waals surface area contributed by atoms with Crippen molar-refractivity contribution >= 4 is 17.2 Å². The van der Waals surface area contributed by atoms with E-state index in [9.17, 15) is 4.79 Å². The van der Waals surface area contributed by atoms with Gasteiger partial charge in [0.05, 0.1) is 24.1 Å². The summed E-state index contributed by atoms with van der Waals surface area (Å²) in [5.41, 5.74) is 3.06. The van der Waals surface area contributed by atoms with Crippen LogP contribution in [0.2, 0.25) is 0 Å². The smallest absolute Gasteiger partial charge is 0.251 e. The highest BCUT2D eigenvalue weighted by Gasteiger charge is 2.09. The summed E-state index contributed by atoms with van der Waals surface area (Å²) in [6, 6.07) is 11.1. The Hall–Kier alpha value is -3.26. The van der Waals surface area contributed by atoms with Gasteiger partial charge < -0.3 is 5.32 Å². The van der Waals surface area contributed by atoms with Crippen LogP contribution < -0.4 is 5.32 Å². The monoisotopic (exact) mass is 350 g/mol. The standard InChI is InChI=1S/C17H14N6OS/c24-17(13-3-1-4-15(9-13)22-7-2-6-19-22)18-10-14-11-23(21-20-14)16-5-8-25-12-16/h1-9,11-12H,10H2,(H,18,24). The molecule has 25 heavy (non-hydrogen) atoms. The fraction of sp³-hybridized carbons (Fsp3) is 0.0588. The molecule has 3 heterocycles. The molecule has 7 nitrogen and oxygen atoms in total. The predicted octanol–water partition coefficient (Wildman–Crippen LogP) is 2.44. The van der Waals surface area contributed by atoms with Gasteiger partial charge in [-0.05, 0) is 35.7 Å². The van der Waals surface area contributed by atoms with Gasteiger partial charge in [-0.1, -0.05) is 11.3 Å². The topological polar surface area (TPSA) is 77.6 Å². The number of aromatic nitrogens is 5. The molecule has 0 unspecified atom stereocenters. The van der Waals surface area contributed by atoms with Crippen molar-refractivity contribution in [2.24, 2.45) is 0 Å². The van der Waals surface area contributed by atoms with Crippen LogP contribution in [-0.2, 0) is 6.54 Å². The van der Waals surface area contributed by atoms with Gasteiger partial charge in [-0.2, -0.15) is 16.4 Å². The largest absolute Gasteiger partial charge is 0.346 e. The van der Waals surface area contributed by atoms with E-state index in [0.29, 0.717) is 17.8 Å². The first-order valence-corrected chi connectivity index (χ1v) is 8.56. The number of nitrogens with one attached hydrogen (secondary N) is 1. The van der Waals surface area contributed by atoms with Crippen LogP contribution in [0.5, 0.6) is 0 Å². The van der Waals surface area contributed by atoms with Crippen LogP contribution in [0, 0.1) is 0 Å². The molecular weight excluding hydrogens is 336 g/mol. The third kappa shape index (κ3) is 3.33. The van der Waals surface area contributed by atoms with Crippen molar-refractivity contribution in [2.45, 2.75) is 6.54 Å². The normalized spacial score (nSPS) is 10.7. The number of hydrogen-bond acceptors (Lipinski definition) is 5. The zero-order valence-corrected chi connectivity index (χ0v) is 13.9. The molecule has 4 rings (SSSR count). The second kappa shape index (κ2) is 6.70. The van der Waals surface area contributed by atoms with Crippen molar-refractivity contribution in [1.29, 1.82) is 0 Å². The molecule has 0 fully saturated rings. The van der Waals surface area contributed by atoms with Crippen LogP contribution in [0.25, 0.3) is 11.4 Å². The van der Waals surface area contributed by atoms with Crippen molar-refractivity contribution in [3.8, 4) is 11.4 Å². The number of nitrogens with zero attached hydrogens (tertiary/aromatic N) is 5. The minimum atomic E-state index is -0.168. The van der Waals surface area contributed by atoms with Crippen LogP contribution in [-0.4, -0.2) is 30.7 Å². The number of benzene rings is 1. The molecule has 0 aliphatic carbocycles. The molecule has 0 saturated carbocycles. The summed E-state index contributed by atoms with van der Waals surface area (Å²) in [6.07, 6.45) is 5.34. The Kier molecular flexibility index (Phi) is 4.09. The van der Waals surface area contributed by atoms with Crippen LogP contribution in [0.3, 0.4) is 0 Å². The van der Waals surface area contributed by atoms with Crippen LogP contribution in [0.4, 0.5) is 0 Å². The van der Waals surface area contributed by atoms with Gasteiger partial charge in [0.2, 0.25) is 0 Å². The number of hydrogen-bond donors (Lipinski definition) is 1. The highest BCUT2D eigenvalue weighted by Crippen LogP contribution is 2.12. The summed E-state index contributed by atoms with van der Waals surface area (Å²) < 4.78 is 3.40. The first-order chi connectivity index (χ1) is 12.3. The lowest BCUT2D eigenvalue weighted by molar-refractivity contribution is 0.0950. The Balaban J connectivity index is 1.43. The average Bonchev–Trinajstić information content (AvgIpc) is 3.42. The van der Waals surface area contributed by atoms with E-state index in [2.05, 4.69) is 20.7 Å². The summed E-state index contributed by atoms with van der Waals surface area (Å²) in [5.74, 6) is -0.168. The molecule has 0 saturated heterocycles. The summed E-state index contributed by atoms with van der Waals surface area (Å²) in [6.45, 7) is 0.314. The Morgan fingerprint density at radius 2 is 2.12 bits per heavy atom. The molecule has 1 N–H and O–H groups in total. The van der Waals surface area contributed by atoms with E-state index in [1.54, 1.807) is 39.0 Å². The van der Waals surface area contributed by atoms with Gasteiger partial charge in [0.15, 0.2) is 0 Å². The Labute approximate surface area is 147 Å². The zero-order chi connectivity index (χ0) is 17.1. The molecule has 124 valence electrons. The molecular formula is C17H14N6OS. The van der Waals surface area contributed by atoms with Gasteiger partial charge in [0.25, 0.3) is 5.91 Å². The SMILES string of the molecule is O=C(NCc1cn(-c2ccsc2)nn1)c1cccc(-n2cccn2)c1. The van der Waals surface area contributed by atoms with Crippen molar-refractivity contribution in [1.82, 2.24) is 30.1 Å². The molecule has 1 amide bonds. The Morgan fingerprint density at radius 1 is 1.16 bits per heavy atom. The minimum absolute atomic E-state index is 0.168. The van der Waals surface area contributed by atoms with Crippen LogP contribution >= 0.6 is 11.3 Å². The Bertz CT molecular complexity index is 974. The maximum absolute atomic E-state index is 12.4. The number of amides is 1. The molecule has 0 spiro atoms.